The summed E-state index contributed by atoms with van der Waals surface area (Å²) < 4.78 is 11.1. The molecule has 3 N–H and O–H groups in total. The van der Waals surface area contributed by atoms with Crippen LogP contribution in [0.2, 0.25) is 0 Å². The van der Waals surface area contributed by atoms with E-state index in [0.29, 0.717) is 35.2 Å². The van der Waals surface area contributed by atoms with E-state index in [1.54, 1.807) is 13.2 Å². The second kappa shape index (κ2) is 10.8. The van der Waals surface area contributed by atoms with Gasteiger partial charge in [0, 0.05) is 12.1 Å². The molecule has 1 aromatic carbocycles. The number of hydrogen-bond donors (Lipinski definition) is 3. The minimum absolute atomic E-state index is 0.287. The maximum absolute atomic E-state index is 12.0. The average molecular weight is 392 g/mol. The molecule has 0 spiro atoms. The van der Waals surface area contributed by atoms with Crippen molar-refractivity contribution in [2.45, 2.75) is 45.6 Å². The molecule has 6 nitrogen and oxygen atoms in total. The fourth-order valence-electron chi connectivity index (χ4n) is 2.79. The molecule has 27 heavy (non-hydrogen) atoms. The van der Waals surface area contributed by atoms with Crippen molar-refractivity contribution in [3.8, 4) is 11.5 Å². The lowest BCUT2D eigenvalue weighted by molar-refractivity contribution is -0.116. The van der Waals surface area contributed by atoms with Crippen LogP contribution in [0.5, 0.6) is 11.5 Å². The summed E-state index contributed by atoms with van der Waals surface area (Å²) in [5.41, 5.74) is 6.13. The Hall–Kier alpha value is -2.28. The summed E-state index contributed by atoms with van der Waals surface area (Å²) in [4.78, 5) is 12.0. The van der Waals surface area contributed by atoms with Crippen molar-refractivity contribution in [3.63, 3.8) is 0 Å². The molecule has 1 aliphatic carbocycles. The number of hydrazine groups is 1. The summed E-state index contributed by atoms with van der Waals surface area (Å²) in [5.74, 6) is 1.47. The standard InChI is InChI=1S/C20H29N3O3S/c1-14(2)13-26-17-10-8-15(12-18(17)25-3)9-11-19(24)22-23-20(27)21-16-6-4-5-7-16/h8-12,14,16H,4-7,13H2,1-3H3,(H,22,24)(H2,21,23,27)/b11-9+. The van der Waals surface area contributed by atoms with Gasteiger partial charge in [0.05, 0.1) is 13.7 Å². The normalized spacial score (nSPS) is 14.4. The number of ether oxygens (including phenoxy) is 2. The molecular formula is C20H29N3O3S. The molecule has 0 saturated heterocycles. The predicted octanol–water partition coefficient (Wildman–Crippen LogP) is 3.18. The van der Waals surface area contributed by atoms with Gasteiger partial charge in [-0.1, -0.05) is 32.8 Å². The van der Waals surface area contributed by atoms with Crippen LogP contribution in [0.1, 0.15) is 45.1 Å². The van der Waals surface area contributed by atoms with Crippen molar-refractivity contribution in [3.05, 3.63) is 29.8 Å². The summed E-state index contributed by atoms with van der Waals surface area (Å²) in [6.07, 6.45) is 7.83. The summed E-state index contributed by atoms with van der Waals surface area (Å²) in [6.45, 7) is 4.80. The molecule has 0 aromatic heterocycles. The first-order valence-electron chi connectivity index (χ1n) is 9.33. The zero-order chi connectivity index (χ0) is 19.6. The van der Waals surface area contributed by atoms with E-state index in [4.69, 9.17) is 21.7 Å². The number of methoxy groups -OCH3 is 1. The molecule has 2 rings (SSSR count). The van der Waals surface area contributed by atoms with Crippen LogP contribution in [0.4, 0.5) is 0 Å². The van der Waals surface area contributed by atoms with E-state index in [-0.39, 0.29) is 5.91 Å². The van der Waals surface area contributed by atoms with Gasteiger partial charge in [0.1, 0.15) is 0 Å². The molecule has 1 saturated carbocycles. The molecule has 7 heteroatoms. The van der Waals surface area contributed by atoms with Crippen LogP contribution >= 0.6 is 12.2 Å². The van der Waals surface area contributed by atoms with Crippen LogP contribution < -0.4 is 25.6 Å². The lowest BCUT2D eigenvalue weighted by Gasteiger charge is -2.15. The minimum atomic E-state index is -0.287. The smallest absolute Gasteiger partial charge is 0.262 e. The molecule has 0 radical (unpaired) electrons. The third-order valence-electron chi connectivity index (χ3n) is 4.18. The SMILES string of the molecule is COc1cc(/C=C/C(=O)NNC(=S)NC2CCCC2)ccc1OCC(C)C. The molecular weight excluding hydrogens is 362 g/mol. The molecule has 1 aromatic rings. The third-order valence-corrected chi connectivity index (χ3v) is 4.40. The lowest BCUT2D eigenvalue weighted by Crippen LogP contribution is -2.48. The largest absolute Gasteiger partial charge is 0.493 e. The Labute approximate surface area is 166 Å². The molecule has 0 unspecified atom stereocenters. The minimum Gasteiger partial charge on any atom is -0.493 e. The van der Waals surface area contributed by atoms with Gasteiger partial charge in [-0.3, -0.25) is 15.6 Å². The highest BCUT2D eigenvalue weighted by molar-refractivity contribution is 7.80. The molecule has 1 amide bonds. The molecule has 0 atom stereocenters. The summed E-state index contributed by atoms with van der Waals surface area (Å²) in [6, 6.07) is 5.96. The monoisotopic (exact) mass is 391 g/mol. The average Bonchev–Trinajstić information content (AvgIpc) is 3.16. The first-order chi connectivity index (χ1) is 13.0. The zero-order valence-corrected chi connectivity index (χ0v) is 17.0. The fraction of sp³-hybridized carbons (Fsp3) is 0.500. The molecule has 0 bridgehead atoms. The third kappa shape index (κ3) is 7.46. The Balaban J connectivity index is 1.82. The number of rotatable bonds is 7. The van der Waals surface area contributed by atoms with Crippen LogP contribution in [-0.2, 0) is 4.79 Å². The fourth-order valence-corrected chi connectivity index (χ4v) is 3.00. The van der Waals surface area contributed by atoms with Gasteiger partial charge in [0.15, 0.2) is 16.6 Å². The van der Waals surface area contributed by atoms with E-state index in [1.807, 2.05) is 18.2 Å². The number of carbonyl (C=O) groups excluding carboxylic acids is 1. The van der Waals surface area contributed by atoms with Crippen LogP contribution in [0.3, 0.4) is 0 Å². The summed E-state index contributed by atoms with van der Waals surface area (Å²) in [7, 11) is 1.60. The molecule has 1 fully saturated rings. The van der Waals surface area contributed by atoms with Crippen molar-refractivity contribution in [2.75, 3.05) is 13.7 Å². The maximum Gasteiger partial charge on any atom is 0.262 e. The Bertz CT molecular complexity index is 670. The molecule has 0 aliphatic heterocycles. The van der Waals surface area contributed by atoms with Crippen molar-refractivity contribution < 1.29 is 14.3 Å². The number of hydrogen-bond acceptors (Lipinski definition) is 4. The van der Waals surface area contributed by atoms with E-state index in [1.165, 1.54) is 18.9 Å². The van der Waals surface area contributed by atoms with Gasteiger partial charge in [-0.25, -0.2) is 0 Å². The van der Waals surface area contributed by atoms with Gasteiger partial charge >= 0.3 is 0 Å². The number of nitrogens with one attached hydrogen (secondary N) is 3. The second-order valence-electron chi connectivity index (χ2n) is 7.02. The van der Waals surface area contributed by atoms with Gasteiger partial charge < -0.3 is 14.8 Å². The maximum atomic E-state index is 12.0. The quantitative estimate of drug-likeness (QED) is 0.377. The summed E-state index contributed by atoms with van der Waals surface area (Å²) in [5, 5.41) is 3.64. The zero-order valence-electron chi connectivity index (χ0n) is 16.2. The topological polar surface area (TPSA) is 71.6 Å². The Morgan fingerprint density at radius 2 is 2.00 bits per heavy atom. The van der Waals surface area contributed by atoms with Gasteiger partial charge in [0.25, 0.3) is 5.91 Å². The van der Waals surface area contributed by atoms with E-state index in [9.17, 15) is 4.79 Å². The Morgan fingerprint density at radius 1 is 1.26 bits per heavy atom. The lowest BCUT2D eigenvalue weighted by atomic mass is 10.2. The molecule has 0 heterocycles. The van der Waals surface area contributed by atoms with Crippen LogP contribution in [0.25, 0.3) is 6.08 Å². The Morgan fingerprint density at radius 3 is 2.67 bits per heavy atom. The number of amides is 1. The first kappa shape index (κ1) is 21.0. The second-order valence-corrected chi connectivity index (χ2v) is 7.43. The number of benzene rings is 1. The van der Waals surface area contributed by atoms with Gasteiger partial charge in [0.2, 0.25) is 0 Å². The van der Waals surface area contributed by atoms with Crippen molar-refractivity contribution >= 4 is 29.3 Å². The first-order valence-corrected chi connectivity index (χ1v) is 9.74. The highest BCUT2D eigenvalue weighted by atomic mass is 32.1. The Kier molecular flexibility index (Phi) is 8.39. The van der Waals surface area contributed by atoms with E-state index in [2.05, 4.69) is 30.0 Å². The van der Waals surface area contributed by atoms with Crippen LogP contribution in [0.15, 0.2) is 24.3 Å². The number of thiocarbonyl (C=S) groups is 1. The van der Waals surface area contributed by atoms with Crippen LogP contribution in [-0.4, -0.2) is 30.8 Å². The predicted molar refractivity (Wildman–Crippen MR) is 112 cm³/mol. The molecule has 148 valence electrons. The van der Waals surface area contributed by atoms with E-state index < -0.39 is 0 Å². The van der Waals surface area contributed by atoms with E-state index in [0.717, 1.165) is 18.4 Å². The van der Waals surface area contributed by atoms with Gasteiger partial charge in [-0.05, 0) is 54.7 Å². The highest BCUT2D eigenvalue weighted by Crippen LogP contribution is 2.29. The van der Waals surface area contributed by atoms with Crippen LogP contribution in [0, 0.1) is 5.92 Å². The van der Waals surface area contributed by atoms with Crippen molar-refractivity contribution in [1.82, 2.24) is 16.2 Å². The summed E-state index contributed by atoms with van der Waals surface area (Å²) >= 11 is 5.19. The van der Waals surface area contributed by atoms with Gasteiger partial charge in [-0.15, -0.1) is 0 Å². The highest BCUT2D eigenvalue weighted by Gasteiger charge is 2.15. The number of carbonyl (C=O) groups is 1. The van der Waals surface area contributed by atoms with Crippen molar-refractivity contribution in [2.24, 2.45) is 5.92 Å². The van der Waals surface area contributed by atoms with E-state index >= 15 is 0 Å². The van der Waals surface area contributed by atoms with Gasteiger partial charge in [-0.2, -0.15) is 0 Å². The molecule has 1 aliphatic rings. The van der Waals surface area contributed by atoms with Crippen molar-refractivity contribution in [1.29, 1.82) is 0 Å².